The molecule has 0 saturated heterocycles. The summed E-state index contributed by atoms with van der Waals surface area (Å²) in [7, 11) is 0. The number of aliphatic carboxylic acids is 1. The van der Waals surface area contributed by atoms with E-state index in [4.69, 9.17) is 10.8 Å². The minimum Gasteiger partial charge on any atom is -0.480 e. The maximum absolute atomic E-state index is 13.2. The molecule has 204 valence electrons. The molecular weight excluding hydrogens is 478 g/mol. The van der Waals surface area contributed by atoms with E-state index in [2.05, 4.69) is 20.9 Å². The molecule has 4 unspecified atom stereocenters. The van der Waals surface area contributed by atoms with Crippen molar-refractivity contribution in [2.75, 3.05) is 6.61 Å². The smallest absolute Gasteiger partial charge is 0.328 e. The first-order valence-corrected chi connectivity index (χ1v) is 12.5. The fourth-order valence-corrected chi connectivity index (χ4v) is 4.04. The summed E-state index contributed by atoms with van der Waals surface area (Å²) < 4.78 is 0. The van der Waals surface area contributed by atoms with Crippen molar-refractivity contribution in [1.29, 1.82) is 0 Å². The number of aliphatic hydroxyl groups is 1. The van der Waals surface area contributed by atoms with Gasteiger partial charge in [-0.3, -0.25) is 14.4 Å². The number of aliphatic hydroxyl groups excluding tert-OH is 1. The van der Waals surface area contributed by atoms with Crippen LogP contribution in [0.3, 0.4) is 0 Å². The van der Waals surface area contributed by atoms with Gasteiger partial charge in [-0.15, -0.1) is 0 Å². The Morgan fingerprint density at radius 1 is 0.865 bits per heavy atom. The van der Waals surface area contributed by atoms with Crippen molar-refractivity contribution < 1.29 is 29.4 Å². The average molecular weight is 518 g/mol. The number of aromatic amines is 1. The standard InChI is InChI=1S/C26H39N5O6/c1-14(2)9-20(24(34)30-21(10-15(3)4)25(35)31-22(13-32)26(36)37)29-23(33)18(27)11-16-12-28-19-8-6-5-7-17(16)19/h5-8,12,14-15,18,20-22,28,32H,9-11,13,27H2,1-4H3,(H,29,33)(H,30,34)(H,31,35)(H,36,37). The summed E-state index contributed by atoms with van der Waals surface area (Å²) in [5.74, 6) is -3.14. The highest BCUT2D eigenvalue weighted by atomic mass is 16.4. The van der Waals surface area contributed by atoms with Crippen LogP contribution in [0.1, 0.15) is 46.1 Å². The molecule has 11 heteroatoms. The van der Waals surface area contributed by atoms with Crippen LogP contribution in [-0.4, -0.2) is 69.7 Å². The summed E-state index contributed by atoms with van der Waals surface area (Å²) in [5, 5.41) is 26.9. The van der Waals surface area contributed by atoms with Gasteiger partial charge in [0.2, 0.25) is 17.7 Å². The van der Waals surface area contributed by atoms with Crippen molar-refractivity contribution in [2.24, 2.45) is 17.6 Å². The first-order valence-electron chi connectivity index (χ1n) is 12.5. The summed E-state index contributed by atoms with van der Waals surface area (Å²) in [6.07, 6.45) is 2.61. The van der Waals surface area contributed by atoms with Crippen molar-refractivity contribution in [3.8, 4) is 0 Å². The molecule has 0 radical (unpaired) electrons. The minimum atomic E-state index is -1.49. The van der Waals surface area contributed by atoms with Crippen LogP contribution >= 0.6 is 0 Å². The molecule has 0 bridgehead atoms. The lowest BCUT2D eigenvalue weighted by Gasteiger charge is -2.26. The number of benzene rings is 1. The van der Waals surface area contributed by atoms with Crippen molar-refractivity contribution in [2.45, 2.75) is 71.1 Å². The predicted molar refractivity (Wildman–Crippen MR) is 139 cm³/mol. The number of aromatic nitrogens is 1. The SMILES string of the molecule is CC(C)CC(NC(=O)C(N)Cc1c[nH]c2ccccc12)C(=O)NC(CC(C)C)C(=O)NC(CO)C(=O)O. The van der Waals surface area contributed by atoms with Gasteiger partial charge in [0.15, 0.2) is 0 Å². The third-order valence-electron chi connectivity index (χ3n) is 5.93. The van der Waals surface area contributed by atoms with Crippen molar-refractivity contribution in [1.82, 2.24) is 20.9 Å². The fourth-order valence-electron chi connectivity index (χ4n) is 4.04. The number of para-hydroxylation sites is 1. The Morgan fingerprint density at radius 2 is 1.38 bits per heavy atom. The zero-order chi connectivity index (χ0) is 27.7. The number of hydrogen-bond donors (Lipinski definition) is 7. The molecule has 8 N–H and O–H groups in total. The molecule has 0 aliphatic carbocycles. The lowest BCUT2D eigenvalue weighted by Crippen LogP contribution is -2.58. The Labute approximate surface area is 216 Å². The second-order valence-electron chi connectivity index (χ2n) is 10.1. The Morgan fingerprint density at radius 3 is 1.89 bits per heavy atom. The Balaban J connectivity index is 2.12. The molecule has 0 aliphatic rings. The highest BCUT2D eigenvalue weighted by Gasteiger charge is 2.31. The molecule has 2 rings (SSSR count). The molecular formula is C26H39N5O6. The van der Waals surface area contributed by atoms with E-state index in [0.29, 0.717) is 6.42 Å². The first kappa shape index (κ1) is 29.8. The van der Waals surface area contributed by atoms with E-state index in [1.165, 1.54) is 0 Å². The number of H-pyrrole nitrogens is 1. The average Bonchev–Trinajstić information content (AvgIpc) is 3.23. The van der Waals surface area contributed by atoms with E-state index in [1.807, 2.05) is 58.2 Å². The van der Waals surface area contributed by atoms with Gasteiger partial charge in [-0.25, -0.2) is 4.79 Å². The van der Waals surface area contributed by atoms with Crippen LogP contribution in [0.25, 0.3) is 10.9 Å². The summed E-state index contributed by atoms with van der Waals surface area (Å²) in [6.45, 7) is 6.71. The van der Waals surface area contributed by atoms with E-state index in [-0.39, 0.29) is 24.7 Å². The number of fused-ring (bicyclic) bond motifs is 1. The number of carboxylic acid groups (broad SMARTS) is 1. The highest BCUT2D eigenvalue weighted by Crippen LogP contribution is 2.19. The summed E-state index contributed by atoms with van der Waals surface area (Å²) in [5.41, 5.74) is 8.01. The molecule has 0 spiro atoms. The number of hydrogen-bond acceptors (Lipinski definition) is 6. The number of carbonyl (C=O) groups excluding carboxylic acids is 3. The number of carboxylic acids is 1. The van der Waals surface area contributed by atoms with Crippen LogP contribution in [0.15, 0.2) is 30.5 Å². The molecule has 4 atom stereocenters. The largest absolute Gasteiger partial charge is 0.480 e. The van der Waals surface area contributed by atoms with E-state index >= 15 is 0 Å². The van der Waals surface area contributed by atoms with Gasteiger partial charge in [0.05, 0.1) is 12.6 Å². The molecule has 37 heavy (non-hydrogen) atoms. The summed E-state index contributed by atoms with van der Waals surface area (Å²) >= 11 is 0. The summed E-state index contributed by atoms with van der Waals surface area (Å²) in [4.78, 5) is 53.3. The fraction of sp³-hybridized carbons (Fsp3) is 0.538. The van der Waals surface area contributed by atoms with Gasteiger partial charge in [-0.1, -0.05) is 45.9 Å². The third-order valence-corrected chi connectivity index (χ3v) is 5.93. The topological polar surface area (TPSA) is 187 Å². The molecule has 2 aromatic rings. The molecule has 1 aromatic carbocycles. The monoisotopic (exact) mass is 517 g/mol. The zero-order valence-electron chi connectivity index (χ0n) is 21.8. The maximum Gasteiger partial charge on any atom is 0.328 e. The van der Waals surface area contributed by atoms with Crippen LogP contribution in [0.5, 0.6) is 0 Å². The van der Waals surface area contributed by atoms with Gasteiger partial charge in [-0.05, 0) is 42.7 Å². The number of nitrogens with two attached hydrogens (primary N) is 1. The lowest BCUT2D eigenvalue weighted by atomic mass is 9.99. The van der Waals surface area contributed by atoms with Crippen molar-refractivity contribution in [3.63, 3.8) is 0 Å². The Hall–Kier alpha value is -3.44. The quantitative estimate of drug-likeness (QED) is 0.192. The molecule has 3 amide bonds. The highest BCUT2D eigenvalue weighted by molar-refractivity contribution is 5.94. The van der Waals surface area contributed by atoms with Crippen LogP contribution in [-0.2, 0) is 25.6 Å². The predicted octanol–water partition coefficient (Wildman–Crippen LogP) is 0.661. The van der Waals surface area contributed by atoms with Crippen LogP contribution in [0.4, 0.5) is 0 Å². The van der Waals surface area contributed by atoms with Gasteiger partial charge in [0, 0.05) is 17.1 Å². The Kier molecular flexibility index (Phi) is 11.1. The molecule has 1 heterocycles. The molecule has 0 saturated carbocycles. The first-order chi connectivity index (χ1) is 17.4. The molecule has 0 aliphatic heterocycles. The minimum absolute atomic E-state index is 0.00353. The third kappa shape index (κ3) is 8.87. The number of nitrogens with one attached hydrogen (secondary N) is 4. The number of amides is 3. The van der Waals surface area contributed by atoms with E-state index < -0.39 is 54.5 Å². The van der Waals surface area contributed by atoms with Gasteiger partial charge >= 0.3 is 5.97 Å². The van der Waals surface area contributed by atoms with Crippen LogP contribution in [0, 0.1) is 11.8 Å². The molecule has 11 nitrogen and oxygen atoms in total. The van der Waals surface area contributed by atoms with Crippen LogP contribution in [0.2, 0.25) is 0 Å². The maximum atomic E-state index is 13.2. The molecule has 0 fully saturated rings. The van der Waals surface area contributed by atoms with Gasteiger partial charge in [0.25, 0.3) is 0 Å². The van der Waals surface area contributed by atoms with E-state index in [9.17, 15) is 24.3 Å². The van der Waals surface area contributed by atoms with Crippen molar-refractivity contribution in [3.05, 3.63) is 36.0 Å². The van der Waals surface area contributed by atoms with Crippen molar-refractivity contribution >= 4 is 34.6 Å². The Bertz CT molecular complexity index is 1080. The summed E-state index contributed by atoms with van der Waals surface area (Å²) in [6, 6.07) is 3.28. The van der Waals surface area contributed by atoms with Gasteiger partial charge in [-0.2, -0.15) is 0 Å². The molecule has 1 aromatic heterocycles. The lowest BCUT2D eigenvalue weighted by molar-refractivity contribution is -0.143. The zero-order valence-corrected chi connectivity index (χ0v) is 21.8. The normalized spacial score (nSPS) is 14.7. The number of rotatable bonds is 14. The second-order valence-corrected chi connectivity index (χ2v) is 10.1. The van der Waals surface area contributed by atoms with Gasteiger partial charge in [0.1, 0.15) is 18.1 Å². The second kappa shape index (κ2) is 13.8. The van der Waals surface area contributed by atoms with Crippen LogP contribution < -0.4 is 21.7 Å². The number of carbonyl (C=O) groups is 4. The van der Waals surface area contributed by atoms with Gasteiger partial charge < -0.3 is 36.9 Å². The van der Waals surface area contributed by atoms with E-state index in [1.54, 1.807) is 0 Å². The van der Waals surface area contributed by atoms with E-state index in [0.717, 1.165) is 16.5 Å².